The number of thioether (sulfide) groups is 1. The molecule has 2 nitrogen and oxygen atoms in total. The number of hydrogen-bond donors (Lipinski definition) is 1. The molecular weight excluding hydrogens is 264 g/mol. The van der Waals surface area contributed by atoms with Gasteiger partial charge in [-0.15, -0.1) is 0 Å². The second-order valence-corrected chi connectivity index (χ2v) is 7.22. The van der Waals surface area contributed by atoms with Crippen LogP contribution in [0.25, 0.3) is 0 Å². The third kappa shape index (κ3) is 3.38. The zero-order chi connectivity index (χ0) is 13.8. The average Bonchev–Trinajstić information content (AvgIpc) is 2.56. The van der Waals surface area contributed by atoms with E-state index in [1.165, 1.54) is 44.3 Å². The predicted octanol–water partition coefficient (Wildman–Crippen LogP) is 3.31. The zero-order valence-corrected chi connectivity index (χ0v) is 13.2. The van der Waals surface area contributed by atoms with Gasteiger partial charge in [-0.25, -0.2) is 0 Å². The number of rotatable bonds is 3. The Morgan fingerprint density at radius 1 is 1.10 bits per heavy atom. The lowest BCUT2D eigenvalue weighted by atomic mass is 9.92. The van der Waals surface area contributed by atoms with Crippen molar-refractivity contribution in [1.29, 1.82) is 0 Å². The zero-order valence-electron chi connectivity index (χ0n) is 12.4. The number of piperazine rings is 1. The molecule has 3 heteroatoms. The Morgan fingerprint density at radius 2 is 1.85 bits per heavy atom. The normalized spacial score (nSPS) is 32.1. The van der Waals surface area contributed by atoms with Crippen molar-refractivity contribution in [2.75, 3.05) is 25.9 Å². The van der Waals surface area contributed by atoms with Gasteiger partial charge in [0.2, 0.25) is 0 Å². The summed E-state index contributed by atoms with van der Waals surface area (Å²) in [6, 6.07) is 12.3. The van der Waals surface area contributed by atoms with Crippen molar-refractivity contribution in [3.05, 3.63) is 35.9 Å². The molecule has 1 aromatic rings. The van der Waals surface area contributed by atoms with Gasteiger partial charge in [-0.2, -0.15) is 11.8 Å². The second kappa shape index (κ2) is 6.97. The lowest BCUT2D eigenvalue weighted by Gasteiger charge is -2.41. The van der Waals surface area contributed by atoms with Gasteiger partial charge in [0, 0.05) is 37.0 Å². The molecule has 1 heterocycles. The van der Waals surface area contributed by atoms with Gasteiger partial charge >= 0.3 is 0 Å². The van der Waals surface area contributed by atoms with E-state index in [4.69, 9.17) is 0 Å². The van der Waals surface area contributed by atoms with E-state index < -0.39 is 0 Å². The second-order valence-electron chi connectivity index (χ2n) is 6.08. The molecule has 1 aromatic carbocycles. The maximum Gasteiger partial charge on any atom is 0.0449 e. The molecule has 0 aromatic heterocycles. The topological polar surface area (TPSA) is 15.3 Å². The van der Waals surface area contributed by atoms with Crippen LogP contribution >= 0.6 is 11.8 Å². The summed E-state index contributed by atoms with van der Waals surface area (Å²) in [5.74, 6) is 0. The van der Waals surface area contributed by atoms with Crippen LogP contribution in [0.2, 0.25) is 0 Å². The van der Waals surface area contributed by atoms with Crippen LogP contribution in [0.4, 0.5) is 0 Å². The summed E-state index contributed by atoms with van der Waals surface area (Å²) < 4.78 is 0. The fourth-order valence-corrected chi connectivity index (χ4v) is 4.40. The molecule has 0 spiro atoms. The van der Waals surface area contributed by atoms with Gasteiger partial charge in [-0.3, -0.25) is 4.90 Å². The van der Waals surface area contributed by atoms with Gasteiger partial charge in [0.25, 0.3) is 0 Å². The Bertz CT molecular complexity index is 401. The Balaban J connectivity index is 1.58. The lowest BCUT2D eigenvalue weighted by molar-refractivity contribution is 0.117. The average molecular weight is 290 g/mol. The molecule has 2 aliphatic rings. The van der Waals surface area contributed by atoms with Crippen LogP contribution in [-0.4, -0.2) is 42.1 Å². The Hall–Kier alpha value is -0.510. The fourth-order valence-electron chi connectivity index (χ4n) is 3.66. The van der Waals surface area contributed by atoms with Gasteiger partial charge in [-0.05, 0) is 37.5 Å². The van der Waals surface area contributed by atoms with E-state index >= 15 is 0 Å². The highest BCUT2D eigenvalue weighted by Crippen LogP contribution is 2.31. The molecule has 1 saturated carbocycles. The van der Waals surface area contributed by atoms with Crippen LogP contribution in [0.15, 0.2) is 30.3 Å². The first-order chi connectivity index (χ1) is 9.86. The molecule has 1 N–H and O–H groups in total. The highest BCUT2D eigenvalue weighted by Gasteiger charge is 2.29. The summed E-state index contributed by atoms with van der Waals surface area (Å²) >= 11 is 2.06. The number of hydrogen-bond acceptors (Lipinski definition) is 3. The van der Waals surface area contributed by atoms with Crippen LogP contribution in [-0.2, 0) is 0 Å². The van der Waals surface area contributed by atoms with Crippen LogP contribution in [0.1, 0.15) is 37.3 Å². The minimum absolute atomic E-state index is 0.517. The Morgan fingerprint density at radius 3 is 2.55 bits per heavy atom. The Kier molecular flexibility index (Phi) is 5.03. The van der Waals surface area contributed by atoms with Crippen molar-refractivity contribution < 1.29 is 0 Å². The molecule has 1 aliphatic carbocycles. The van der Waals surface area contributed by atoms with E-state index in [1.807, 2.05) is 0 Å². The molecule has 3 rings (SSSR count). The van der Waals surface area contributed by atoms with Crippen molar-refractivity contribution in [1.82, 2.24) is 10.2 Å². The molecule has 0 amide bonds. The van der Waals surface area contributed by atoms with Crippen LogP contribution in [0, 0.1) is 0 Å². The standard InChI is InChI=1S/C17H26N2S/c1-20-16-9-7-15(8-10-16)19-12-11-18-17(13-19)14-5-3-2-4-6-14/h2-6,15-18H,7-13H2,1H3. The maximum absolute atomic E-state index is 3.68. The van der Waals surface area contributed by atoms with Crippen molar-refractivity contribution >= 4 is 11.8 Å². The van der Waals surface area contributed by atoms with Crippen molar-refractivity contribution in [2.45, 2.75) is 43.0 Å². The van der Waals surface area contributed by atoms with Crippen LogP contribution in [0.3, 0.4) is 0 Å². The van der Waals surface area contributed by atoms with E-state index in [2.05, 4.69) is 58.6 Å². The number of nitrogens with zero attached hydrogens (tertiary/aromatic N) is 1. The molecule has 110 valence electrons. The predicted molar refractivity (Wildman–Crippen MR) is 88.3 cm³/mol. The molecule has 1 unspecified atom stereocenters. The van der Waals surface area contributed by atoms with Crippen molar-refractivity contribution in [3.63, 3.8) is 0 Å². The van der Waals surface area contributed by atoms with E-state index in [-0.39, 0.29) is 0 Å². The minimum atomic E-state index is 0.517. The first kappa shape index (κ1) is 14.4. The van der Waals surface area contributed by atoms with Gasteiger partial charge in [-0.1, -0.05) is 30.3 Å². The van der Waals surface area contributed by atoms with Crippen molar-refractivity contribution in [3.8, 4) is 0 Å². The van der Waals surface area contributed by atoms with E-state index in [0.717, 1.165) is 17.8 Å². The van der Waals surface area contributed by atoms with Crippen molar-refractivity contribution in [2.24, 2.45) is 0 Å². The first-order valence-corrected chi connectivity index (χ1v) is 9.21. The van der Waals surface area contributed by atoms with Crippen LogP contribution < -0.4 is 5.32 Å². The molecule has 2 fully saturated rings. The molecule has 1 saturated heterocycles. The number of nitrogens with one attached hydrogen (secondary N) is 1. The summed E-state index contributed by atoms with van der Waals surface area (Å²) in [4.78, 5) is 2.74. The number of benzene rings is 1. The highest BCUT2D eigenvalue weighted by molar-refractivity contribution is 7.99. The summed E-state index contributed by atoms with van der Waals surface area (Å²) in [5, 5.41) is 4.59. The van der Waals surface area contributed by atoms with E-state index in [1.54, 1.807) is 0 Å². The SMILES string of the molecule is CSC1CCC(N2CCNC(c3ccccc3)C2)CC1. The largest absolute Gasteiger partial charge is 0.308 e. The van der Waals surface area contributed by atoms with E-state index in [0.29, 0.717) is 6.04 Å². The quantitative estimate of drug-likeness (QED) is 0.919. The van der Waals surface area contributed by atoms with Gasteiger partial charge in [0.15, 0.2) is 0 Å². The summed E-state index contributed by atoms with van der Waals surface area (Å²) in [6.45, 7) is 3.53. The molecule has 20 heavy (non-hydrogen) atoms. The lowest BCUT2D eigenvalue weighted by Crippen LogP contribution is -2.51. The third-order valence-corrected chi connectivity index (χ3v) is 6.04. The van der Waals surface area contributed by atoms with Gasteiger partial charge < -0.3 is 5.32 Å². The molecule has 1 atom stereocenters. The van der Waals surface area contributed by atoms with Gasteiger partial charge in [0.05, 0.1) is 0 Å². The monoisotopic (exact) mass is 290 g/mol. The molecule has 1 aliphatic heterocycles. The summed E-state index contributed by atoms with van der Waals surface area (Å²) in [6.07, 6.45) is 7.87. The Labute approximate surface area is 127 Å². The van der Waals surface area contributed by atoms with Crippen LogP contribution in [0.5, 0.6) is 0 Å². The third-order valence-electron chi connectivity index (χ3n) is 4.90. The highest BCUT2D eigenvalue weighted by atomic mass is 32.2. The minimum Gasteiger partial charge on any atom is -0.308 e. The fraction of sp³-hybridized carbons (Fsp3) is 0.647. The smallest absolute Gasteiger partial charge is 0.0449 e. The molecular formula is C17H26N2S. The van der Waals surface area contributed by atoms with E-state index in [9.17, 15) is 0 Å². The maximum atomic E-state index is 3.68. The molecule has 0 radical (unpaired) electrons. The summed E-state index contributed by atoms with van der Waals surface area (Å²) in [5.41, 5.74) is 1.44. The first-order valence-electron chi connectivity index (χ1n) is 7.92. The molecule has 0 bridgehead atoms. The summed E-state index contributed by atoms with van der Waals surface area (Å²) in [7, 11) is 0. The van der Waals surface area contributed by atoms with Gasteiger partial charge in [0.1, 0.15) is 0 Å².